The van der Waals surface area contributed by atoms with Gasteiger partial charge >= 0.3 is 0 Å². The monoisotopic (exact) mass is 198 g/mol. The van der Waals surface area contributed by atoms with Gasteiger partial charge in [-0.15, -0.1) is 0 Å². The highest BCUT2D eigenvalue weighted by molar-refractivity contribution is 5.44. The highest BCUT2D eigenvalue weighted by Crippen LogP contribution is 2.01. The van der Waals surface area contributed by atoms with Gasteiger partial charge in [0.15, 0.2) is 0 Å². The van der Waals surface area contributed by atoms with Crippen molar-refractivity contribution < 1.29 is 0 Å². The van der Waals surface area contributed by atoms with E-state index in [2.05, 4.69) is 21.9 Å². The number of hydrogen-bond donors (Lipinski definition) is 1. The molecule has 0 fully saturated rings. The predicted molar refractivity (Wildman–Crippen MR) is 57.8 cm³/mol. The van der Waals surface area contributed by atoms with Crippen molar-refractivity contribution in [2.24, 2.45) is 7.05 Å². The molecule has 2 rings (SSSR count). The first-order valence-electron chi connectivity index (χ1n) is 4.47. The van der Waals surface area contributed by atoms with E-state index in [1.165, 1.54) is 0 Å². The first-order chi connectivity index (χ1) is 7.25. The number of nitrogen functional groups attached to an aromatic ring is 1. The van der Waals surface area contributed by atoms with Gasteiger partial charge in [0.25, 0.3) is 0 Å². The first-order valence-corrected chi connectivity index (χ1v) is 4.47. The van der Waals surface area contributed by atoms with Crippen molar-refractivity contribution in [3.05, 3.63) is 41.9 Å². The second kappa shape index (κ2) is 3.84. The average Bonchev–Trinajstić information content (AvgIpc) is 2.61. The summed E-state index contributed by atoms with van der Waals surface area (Å²) in [5.74, 6) is 6.48. The number of hydrogen-bond acceptors (Lipinski definition) is 3. The minimum Gasteiger partial charge on any atom is -0.384 e. The summed E-state index contributed by atoms with van der Waals surface area (Å²) < 4.78 is 1.72. The van der Waals surface area contributed by atoms with Gasteiger partial charge in [0, 0.05) is 18.8 Å². The van der Waals surface area contributed by atoms with Crippen LogP contribution < -0.4 is 5.73 Å². The largest absolute Gasteiger partial charge is 0.384 e. The van der Waals surface area contributed by atoms with Crippen molar-refractivity contribution >= 4 is 5.82 Å². The SMILES string of the molecule is Cn1nccc1C#Cc1ccnc(N)c1. The fourth-order valence-corrected chi connectivity index (χ4v) is 1.16. The van der Waals surface area contributed by atoms with E-state index in [4.69, 9.17) is 5.73 Å². The summed E-state index contributed by atoms with van der Waals surface area (Å²) in [4.78, 5) is 3.89. The van der Waals surface area contributed by atoms with Crippen molar-refractivity contribution in [1.82, 2.24) is 14.8 Å². The number of nitrogens with zero attached hydrogens (tertiary/aromatic N) is 3. The Morgan fingerprint density at radius 2 is 2.13 bits per heavy atom. The maximum absolute atomic E-state index is 5.54. The molecule has 2 aromatic rings. The van der Waals surface area contributed by atoms with Crippen LogP contribution in [0.4, 0.5) is 5.82 Å². The van der Waals surface area contributed by atoms with E-state index in [0.29, 0.717) is 5.82 Å². The number of pyridine rings is 1. The molecule has 4 nitrogen and oxygen atoms in total. The summed E-state index contributed by atoms with van der Waals surface area (Å²) in [6, 6.07) is 5.42. The zero-order chi connectivity index (χ0) is 10.7. The molecule has 0 saturated carbocycles. The van der Waals surface area contributed by atoms with Gasteiger partial charge in [0.2, 0.25) is 0 Å². The van der Waals surface area contributed by atoms with Crippen LogP contribution in [0.25, 0.3) is 0 Å². The number of anilines is 1. The molecule has 2 aromatic heterocycles. The Bertz CT molecular complexity index is 531. The Morgan fingerprint density at radius 1 is 1.27 bits per heavy atom. The van der Waals surface area contributed by atoms with Crippen LogP contribution in [0, 0.1) is 11.8 Å². The van der Waals surface area contributed by atoms with Crippen molar-refractivity contribution in [3.8, 4) is 11.8 Å². The summed E-state index contributed by atoms with van der Waals surface area (Å²) in [7, 11) is 1.85. The van der Waals surface area contributed by atoms with Crippen molar-refractivity contribution in [1.29, 1.82) is 0 Å². The third kappa shape index (κ3) is 2.15. The molecule has 4 heteroatoms. The Kier molecular flexibility index (Phi) is 2.38. The Labute approximate surface area is 87.7 Å². The third-order valence-electron chi connectivity index (χ3n) is 1.94. The number of aromatic nitrogens is 3. The Morgan fingerprint density at radius 3 is 2.80 bits per heavy atom. The maximum Gasteiger partial charge on any atom is 0.124 e. The fourth-order valence-electron chi connectivity index (χ4n) is 1.16. The molecule has 15 heavy (non-hydrogen) atoms. The standard InChI is InChI=1S/C11H10N4/c1-15-10(5-7-14-15)3-2-9-4-6-13-11(12)8-9/h4-8H,1H3,(H2,12,13). The molecule has 0 atom stereocenters. The Hall–Kier alpha value is -2.28. The van der Waals surface area contributed by atoms with E-state index in [1.54, 1.807) is 23.1 Å². The van der Waals surface area contributed by atoms with E-state index in [-0.39, 0.29) is 0 Å². The van der Waals surface area contributed by atoms with E-state index in [9.17, 15) is 0 Å². The second-order valence-electron chi connectivity index (χ2n) is 3.06. The third-order valence-corrected chi connectivity index (χ3v) is 1.94. The van der Waals surface area contributed by atoms with Gasteiger partial charge in [-0.3, -0.25) is 4.68 Å². The summed E-state index contributed by atoms with van der Waals surface area (Å²) in [6.07, 6.45) is 3.35. The molecule has 0 radical (unpaired) electrons. The van der Waals surface area contributed by atoms with Crippen LogP contribution in [-0.2, 0) is 7.05 Å². The van der Waals surface area contributed by atoms with Gasteiger partial charge in [-0.25, -0.2) is 4.98 Å². The van der Waals surface area contributed by atoms with E-state index in [1.807, 2.05) is 19.2 Å². The molecular weight excluding hydrogens is 188 g/mol. The molecular formula is C11H10N4. The van der Waals surface area contributed by atoms with E-state index >= 15 is 0 Å². The highest BCUT2D eigenvalue weighted by atomic mass is 15.2. The van der Waals surface area contributed by atoms with Crippen molar-refractivity contribution in [2.45, 2.75) is 0 Å². The average molecular weight is 198 g/mol. The lowest BCUT2D eigenvalue weighted by Gasteiger charge is -1.92. The number of rotatable bonds is 0. The van der Waals surface area contributed by atoms with Gasteiger partial charge in [-0.2, -0.15) is 5.10 Å². The summed E-state index contributed by atoms with van der Waals surface area (Å²) in [5, 5.41) is 4.02. The highest BCUT2D eigenvalue weighted by Gasteiger charge is 1.92. The molecule has 0 aromatic carbocycles. The van der Waals surface area contributed by atoms with Crippen LogP contribution in [0.1, 0.15) is 11.3 Å². The van der Waals surface area contributed by atoms with Gasteiger partial charge in [0.1, 0.15) is 11.5 Å². The lowest BCUT2D eigenvalue weighted by atomic mass is 10.2. The molecule has 0 amide bonds. The quantitative estimate of drug-likeness (QED) is 0.637. The summed E-state index contributed by atoms with van der Waals surface area (Å²) in [6.45, 7) is 0. The maximum atomic E-state index is 5.54. The zero-order valence-corrected chi connectivity index (χ0v) is 8.31. The minimum absolute atomic E-state index is 0.479. The van der Waals surface area contributed by atoms with Crippen LogP contribution in [0.15, 0.2) is 30.6 Å². The fraction of sp³-hybridized carbons (Fsp3) is 0.0909. The van der Waals surface area contributed by atoms with Crippen LogP contribution in [0.5, 0.6) is 0 Å². The van der Waals surface area contributed by atoms with Crippen LogP contribution in [0.2, 0.25) is 0 Å². The van der Waals surface area contributed by atoms with Gasteiger partial charge < -0.3 is 5.73 Å². The molecule has 0 aliphatic rings. The minimum atomic E-state index is 0.479. The van der Waals surface area contributed by atoms with E-state index in [0.717, 1.165) is 11.3 Å². The van der Waals surface area contributed by atoms with Gasteiger partial charge in [0.05, 0.1) is 6.20 Å². The number of nitrogens with two attached hydrogens (primary N) is 1. The van der Waals surface area contributed by atoms with Crippen LogP contribution >= 0.6 is 0 Å². The predicted octanol–water partition coefficient (Wildman–Crippen LogP) is 0.797. The van der Waals surface area contributed by atoms with Crippen LogP contribution in [0.3, 0.4) is 0 Å². The lowest BCUT2D eigenvalue weighted by molar-refractivity contribution is 0.757. The Balaban J connectivity index is 2.30. The molecule has 0 unspecified atom stereocenters. The number of aryl methyl sites for hydroxylation is 1. The van der Waals surface area contributed by atoms with Crippen molar-refractivity contribution in [3.63, 3.8) is 0 Å². The van der Waals surface area contributed by atoms with Gasteiger partial charge in [-0.1, -0.05) is 5.92 Å². The molecule has 0 aliphatic carbocycles. The molecule has 0 aliphatic heterocycles. The normalized spacial score (nSPS) is 9.40. The molecule has 2 N–H and O–H groups in total. The van der Waals surface area contributed by atoms with Gasteiger partial charge in [-0.05, 0) is 24.1 Å². The zero-order valence-electron chi connectivity index (χ0n) is 8.31. The molecule has 2 heterocycles. The second-order valence-corrected chi connectivity index (χ2v) is 3.06. The first kappa shape index (κ1) is 9.28. The summed E-state index contributed by atoms with van der Waals surface area (Å²) in [5.41, 5.74) is 7.26. The molecule has 74 valence electrons. The smallest absolute Gasteiger partial charge is 0.124 e. The van der Waals surface area contributed by atoms with E-state index < -0.39 is 0 Å². The van der Waals surface area contributed by atoms with Crippen LogP contribution in [-0.4, -0.2) is 14.8 Å². The summed E-state index contributed by atoms with van der Waals surface area (Å²) >= 11 is 0. The molecule has 0 spiro atoms. The molecule has 0 bridgehead atoms. The molecule has 0 saturated heterocycles. The van der Waals surface area contributed by atoms with Crippen molar-refractivity contribution in [2.75, 3.05) is 5.73 Å². The lowest BCUT2D eigenvalue weighted by Crippen LogP contribution is -1.93. The topological polar surface area (TPSA) is 56.7 Å².